The lowest BCUT2D eigenvalue weighted by molar-refractivity contribution is 0.240. The summed E-state index contributed by atoms with van der Waals surface area (Å²) in [7, 11) is -0.846. The zero-order valence-corrected chi connectivity index (χ0v) is 11.8. The van der Waals surface area contributed by atoms with Crippen LogP contribution in [-0.2, 0) is 9.84 Å². The van der Waals surface area contributed by atoms with E-state index in [-0.39, 0.29) is 5.75 Å². The first-order valence-corrected chi connectivity index (χ1v) is 8.33. The third-order valence-electron chi connectivity index (χ3n) is 3.07. The van der Waals surface area contributed by atoms with Crippen LogP contribution >= 0.6 is 0 Å². The Hall–Kier alpha value is -0.170. The largest absolute Gasteiger partial charge is 0.315 e. The molecule has 0 bridgehead atoms. The van der Waals surface area contributed by atoms with Crippen molar-refractivity contribution >= 4 is 9.84 Å². The van der Waals surface area contributed by atoms with Crippen molar-refractivity contribution in [2.75, 3.05) is 64.9 Å². The summed E-state index contributed by atoms with van der Waals surface area (Å²) in [6, 6.07) is 0. The number of nitrogens with one attached hydrogen (secondary N) is 1. The molecule has 0 aromatic heterocycles. The smallest absolute Gasteiger partial charge is 0.148 e. The monoisotopic (exact) mass is 263 g/mol. The van der Waals surface area contributed by atoms with Crippen molar-refractivity contribution in [2.45, 2.75) is 6.42 Å². The standard InChI is InChI=1S/C11H25N3O2S/c1-13(10-11-17(2,15)16)8-9-14-6-3-4-12-5-7-14/h12H,3-11H2,1-2H3. The first-order chi connectivity index (χ1) is 7.97. The molecule has 0 atom stereocenters. The zero-order chi connectivity index (χ0) is 12.7. The van der Waals surface area contributed by atoms with E-state index in [1.807, 2.05) is 7.05 Å². The Kier molecular flexibility index (Phi) is 6.40. The van der Waals surface area contributed by atoms with Crippen LogP contribution in [0.5, 0.6) is 0 Å². The van der Waals surface area contributed by atoms with Crippen molar-refractivity contribution in [3.05, 3.63) is 0 Å². The molecule has 0 unspecified atom stereocenters. The average Bonchev–Trinajstić information content (AvgIpc) is 2.51. The van der Waals surface area contributed by atoms with E-state index in [0.717, 1.165) is 39.3 Å². The predicted molar refractivity (Wildman–Crippen MR) is 71.1 cm³/mol. The topological polar surface area (TPSA) is 52.6 Å². The second-order valence-corrected chi connectivity index (χ2v) is 7.14. The minimum Gasteiger partial charge on any atom is -0.315 e. The highest BCUT2D eigenvalue weighted by molar-refractivity contribution is 7.90. The predicted octanol–water partition coefficient (Wildman–Crippen LogP) is -0.742. The second kappa shape index (κ2) is 7.31. The lowest BCUT2D eigenvalue weighted by atomic mass is 10.4. The van der Waals surface area contributed by atoms with Gasteiger partial charge in [0.2, 0.25) is 0 Å². The number of sulfone groups is 1. The SMILES string of the molecule is CN(CCN1CCCNCC1)CCS(C)(=O)=O. The van der Waals surface area contributed by atoms with E-state index in [2.05, 4.69) is 15.1 Å². The van der Waals surface area contributed by atoms with E-state index in [0.29, 0.717) is 6.54 Å². The van der Waals surface area contributed by atoms with Gasteiger partial charge >= 0.3 is 0 Å². The number of rotatable bonds is 6. The van der Waals surface area contributed by atoms with Gasteiger partial charge in [-0.25, -0.2) is 8.42 Å². The van der Waals surface area contributed by atoms with E-state index in [1.54, 1.807) is 0 Å². The van der Waals surface area contributed by atoms with Gasteiger partial charge in [0.15, 0.2) is 0 Å². The van der Waals surface area contributed by atoms with Crippen molar-refractivity contribution in [1.82, 2.24) is 15.1 Å². The third kappa shape index (κ3) is 7.70. The molecular formula is C11H25N3O2S. The Balaban J connectivity index is 2.15. The van der Waals surface area contributed by atoms with E-state index < -0.39 is 9.84 Å². The van der Waals surface area contributed by atoms with Crippen molar-refractivity contribution in [3.63, 3.8) is 0 Å². The molecule has 0 aliphatic carbocycles. The molecule has 0 spiro atoms. The summed E-state index contributed by atoms with van der Waals surface area (Å²) in [6.45, 7) is 7.02. The molecule has 0 aromatic rings. The summed E-state index contributed by atoms with van der Waals surface area (Å²) >= 11 is 0. The van der Waals surface area contributed by atoms with Gasteiger partial charge in [-0.2, -0.15) is 0 Å². The highest BCUT2D eigenvalue weighted by atomic mass is 32.2. The summed E-state index contributed by atoms with van der Waals surface area (Å²) in [6.07, 6.45) is 2.49. The molecule has 0 aromatic carbocycles. The zero-order valence-electron chi connectivity index (χ0n) is 11.0. The van der Waals surface area contributed by atoms with Gasteiger partial charge in [-0.05, 0) is 26.6 Å². The van der Waals surface area contributed by atoms with Crippen molar-refractivity contribution in [1.29, 1.82) is 0 Å². The first-order valence-electron chi connectivity index (χ1n) is 6.27. The quantitative estimate of drug-likeness (QED) is 0.684. The minimum absolute atomic E-state index is 0.255. The molecule has 17 heavy (non-hydrogen) atoms. The summed E-state index contributed by atoms with van der Waals surface area (Å²) in [4.78, 5) is 4.54. The van der Waals surface area contributed by atoms with E-state index in [4.69, 9.17) is 0 Å². The van der Waals surface area contributed by atoms with Crippen molar-refractivity contribution < 1.29 is 8.42 Å². The molecule has 1 saturated heterocycles. The Bertz CT molecular complexity index is 298. The molecule has 1 rings (SSSR count). The fourth-order valence-electron chi connectivity index (χ4n) is 1.87. The maximum Gasteiger partial charge on any atom is 0.148 e. The molecular weight excluding hydrogens is 238 g/mol. The molecule has 5 nitrogen and oxygen atoms in total. The highest BCUT2D eigenvalue weighted by Gasteiger charge is 2.10. The van der Waals surface area contributed by atoms with Crippen LogP contribution in [-0.4, -0.2) is 83.1 Å². The van der Waals surface area contributed by atoms with E-state index in [1.165, 1.54) is 12.7 Å². The Labute approximate surface area is 105 Å². The van der Waals surface area contributed by atoms with Gasteiger partial charge in [-0.15, -0.1) is 0 Å². The highest BCUT2D eigenvalue weighted by Crippen LogP contribution is 1.96. The molecule has 1 heterocycles. The van der Waals surface area contributed by atoms with Crippen LogP contribution in [0.3, 0.4) is 0 Å². The van der Waals surface area contributed by atoms with Crippen molar-refractivity contribution in [2.24, 2.45) is 0 Å². The van der Waals surface area contributed by atoms with Crippen LogP contribution in [0.4, 0.5) is 0 Å². The van der Waals surface area contributed by atoms with Crippen LogP contribution in [0, 0.1) is 0 Å². The van der Waals surface area contributed by atoms with Crippen LogP contribution in [0.25, 0.3) is 0 Å². The molecule has 1 N–H and O–H groups in total. The Morgan fingerprint density at radius 1 is 1.24 bits per heavy atom. The summed E-state index contributed by atoms with van der Waals surface area (Å²) < 4.78 is 22.1. The molecule has 0 saturated carbocycles. The fourth-order valence-corrected chi connectivity index (χ4v) is 2.51. The molecule has 1 aliphatic rings. The second-order valence-electron chi connectivity index (χ2n) is 4.88. The lowest BCUT2D eigenvalue weighted by Gasteiger charge is -2.23. The first kappa shape index (κ1) is 14.9. The van der Waals surface area contributed by atoms with Crippen molar-refractivity contribution in [3.8, 4) is 0 Å². The summed E-state index contributed by atoms with van der Waals surface area (Å²) in [5.41, 5.74) is 0. The molecule has 102 valence electrons. The lowest BCUT2D eigenvalue weighted by Crippen LogP contribution is -2.36. The molecule has 0 amide bonds. The molecule has 1 aliphatic heterocycles. The van der Waals surface area contributed by atoms with Crippen LogP contribution in [0.15, 0.2) is 0 Å². The van der Waals surface area contributed by atoms with Gasteiger partial charge in [-0.3, -0.25) is 0 Å². The maximum atomic E-state index is 11.0. The molecule has 6 heteroatoms. The van der Waals surface area contributed by atoms with E-state index >= 15 is 0 Å². The van der Waals surface area contributed by atoms with Crippen LogP contribution in [0.1, 0.15) is 6.42 Å². The van der Waals surface area contributed by atoms with Gasteiger partial charge in [0.25, 0.3) is 0 Å². The normalized spacial score (nSPS) is 19.5. The van der Waals surface area contributed by atoms with Crippen LogP contribution in [0.2, 0.25) is 0 Å². The van der Waals surface area contributed by atoms with Gasteiger partial charge in [-0.1, -0.05) is 0 Å². The molecule has 0 radical (unpaired) electrons. The van der Waals surface area contributed by atoms with E-state index in [9.17, 15) is 8.42 Å². The average molecular weight is 263 g/mol. The van der Waals surface area contributed by atoms with Gasteiger partial charge in [0.1, 0.15) is 9.84 Å². The van der Waals surface area contributed by atoms with Gasteiger partial charge < -0.3 is 15.1 Å². The Morgan fingerprint density at radius 2 is 2.00 bits per heavy atom. The van der Waals surface area contributed by atoms with Gasteiger partial charge in [0, 0.05) is 39.0 Å². The number of likely N-dealkylation sites (N-methyl/N-ethyl adjacent to an activating group) is 1. The Morgan fingerprint density at radius 3 is 2.71 bits per heavy atom. The minimum atomic E-state index is -2.83. The molecule has 1 fully saturated rings. The maximum absolute atomic E-state index is 11.0. The fraction of sp³-hybridized carbons (Fsp3) is 1.00. The summed E-state index contributed by atoms with van der Waals surface area (Å²) in [5, 5.41) is 3.38. The third-order valence-corrected chi connectivity index (χ3v) is 4.00. The number of hydrogen-bond acceptors (Lipinski definition) is 5. The van der Waals surface area contributed by atoms with Crippen LogP contribution < -0.4 is 5.32 Å². The summed E-state index contributed by atoms with van der Waals surface area (Å²) in [5.74, 6) is 0.255. The number of nitrogens with zero attached hydrogens (tertiary/aromatic N) is 2. The van der Waals surface area contributed by atoms with Gasteiger partial charge in [0.05, 0.1) is 5.75 Å². The number of hydrogen-bond donors (Lipinski definition) is 1.